The third kappa shape index (κ3) is 6.49. The maximum atomic E-state index is 12.9. The number of carbonyl (C=O) groups excluding carboxylic acids is 1. The third-order valence-electron chi connectivity index (χ3n) is 4.96. The fourth-order valence-corrected chi connectivity index (χ4v) is 5.15. The highest BCUT2D eigenvalue weighted by atomic mass is 32.2. The number of amides is 1. The Morgan fingerprint density at radius 3 is 2.55 bits per heavy atom. The number of amidine groups is 1. The first-order valence-corrected chi connectivity index (χ1v) is 12.9. The number of sulfonamides is 1. The summed E-state index contributed by atoms with van der Waals surface area (Å²) in [6.07, 6.45) is 0.905. The predicted molar refractivity (Wildman–Crippen MR) is 131 cm³/mol. The number of thioether (sulfide) groups is 1. The molecule has 0 aromatic heterocycles. The van der Waals surface area contributed by atoms with Gasteiger partial charge in [-0.1, -0.05) is 24.8 Å². The summed E-state index contributed by atoms with van der Waals surface area (Å²) in [6.45, 7) is 3.02. The number of hydrogen-bond acceptors (Lipinski definition) is 7. The van der Waals surface area contributed by atoms with Gasteiger partial charge in [-0.15, -0.1) is 0 Å². The first-order chi connectivity index (χ1) is 15.7. The maximum Gasteiger partial charge on any atom is 0.242 e. The topological polar surface area (TPSA) is 88.5 Å². The van der Waals surface area contributed by atoms with Crippen molar-refractivity contribution in [1.29, 1.82) is 0 Å². The molecule has 1 aliphatic heterocycles. The van der Waals surface area contributed by atoms with Crippen LogP contribution >= 0.6 is 11.8 Å². The molecule has 0 bridgehead atoms. The van der Waals surface area contributed by atoms with E-state index in [-0.39, 0.29) is 16.1 Å². The van der Waals surface area contributed by atoms with E-state index in [4.69, 9.17) is 9.47 Å². The molecule has 2 aromatic rings. The van der Waals surface area contributed by atoms with Crippen LogP contribution in [0.1, 0.15) is 19.8 Å². The van der Waals surface area contributed by atoms with Crippen LogP contribution in [0.2, 0.25) is 0 Å². The Balaban J connectivity index is 1.62. The van der Waals surface area contributed by atoms with E-state index in [1.54, 1.807) is 24.1 Å². The SMILES string of the molecule is COc1ccc(OCCCC(=O)N2CC(C)SC2=Nc2cccc(S(=O)(=O)N(C)C)c2)cc1. The van der Waals surface area contributed by atoms with Crippen LogP contribution in [0.3, 0.4) is 0 Å². The van der Waals surface area contributed by atoms with Crippen molar-refractivity contribution < 1.29 is 22.7 Å². The van der Waals surface area contributed by atoms with Gasteiger partial charge in [-0.3, -0.25) is 9.69 Å². The van der Waals surface area contributed by atoms with E-state index in [0.29, 0.717) is 36.8 Å². The first-order valence-electron chi connectivity index (χ1n) is 10.6. The van der Waals surface area contributed by atoms with Crippen molar-refractivity contribution in [3.8, 4) is 11.5 Å². The second-order valence-electron chi connectivity index (χ2n) is 7.74. The molecule has 1 fully saturated rings. The number of carbonyl (C=O) groups is 1. The number of benzene rings is 2. The van der Waals surface area contributed by atoms with Crippen LogP contribution in [-0.2, 0) is 14.8 Å². The Hall–Kier alpha value is -2.56. The molecular weight excluding hydrogens is 462 g/mol. The van der Waals surface area contributed by atoms with Crippen LogP contribution in [0, 0.1) is 0 Å². The first kappa shape index (κ1) is 25.1. The molecule has 10 heteroatoms. The van der Waals surface area contributed by atoms with Crippen molar-refractivity contribution in [3.05, 3.63) is 48.5 Å². The molecule has 3 rings (SSSR count). The lowest BCUT2D eigenvalue weighted by molar-refractivity contribution is -0.127. The van der Waals surface area contributed by atoms with E-state index >= 15 is 0 Å². The van der Waals surface area contributed by atoms with Crippen molar-refractivity contribution in [2.75, 3.05) is 34.4 Å². The normalized spacial score (nSPS) is 17.5. The molecule has 1 aliphatic rings. The number of aliphatic imine (C=N–C) groups is 1. The van der Waals surface area contributed by atoms with Crippen molar-refractivity contribution >= 4 is 38.5 Å². The molecule has 2 aromatic carbocycles. The van der Waals surface area contributed by atoms with E-state index in [1.807, 2.05) is 31.2 Å². The zero-order valence-corrected chi connectivity index (χ0v) is 20.9. The molecule has 1 unspecified atom stereocenters. The third-order valence-corrected chi connectivity index (χ3v) is 7.85. The fourth-order valence-electron chi connectivity index (χ4n) is 3.17. The van der Waals surface area contributed by atoms with Gasteiger partial charge in [-0.05, 0) is 48.9 Å². The second kappa shape index (κ2) is 11.0. The van der Waals surface area contributed by atoms with Crippen LogP contribution in [0.5, 0.6) is 11.5 Å². The summed E-state index contributed by atoms with van der Waals surface area (Å²) in [5, 5.41) is 0.792. The smallest absolute Gasteiger partial charge is 0.242 e. The van der Waals surface area contributed by atoms with E-state index < -0.39 is 10.0 Å². The highest BCUT2D eigenvalue weighted by Crippen LogP contribution is 2.30. The monoisotopic (exact) mass is 491 g/mol. The van der Waals surface area contributed by atoms with E-state index in [2.05, 4.69) is 4.99 Å². The lowest BCUT2D eigenvalue weighted by Gasteiger charge is -2.16. The summed E-state index contributed by atoms with van der Waals surface area (Å²) in [5.41, 5.74) is 0.496. The van der Waals surface area contributed by atoms with Gasteiger partial charge < -0.3 is 9.47 Å². The van der Waals surface area contributed by atoms with Gasteiger partial charge in [0.05, 0.1) is 24.3 Å². The van der Waals surface area contributed by atoms with Gasteiger partial charge in [0, 0.05) is 32.3 Å². The second-order valence-corrected chi connectivity index (χ2v) is 11.3. The van der Waals surface area contributed by atoms with Gasteiger partial charge in [0.2, 0.25) is 15.9 Å². The summed E-state index contributed by atoms with van der Waals surface area (Å²) in [7, 11) is 1.02. The Labute approximate surface area is 199 Å². The minimum Gasteiger partial charge on any atom is -0.497 e. The van der Waals surface area contributed by atoms with Crippen LogP contribution in [-0.4, -0.2) is 68.3 Å². The van der Waals surface area contributed by atoms with Crippen molar-refractivity contribution in [1.82, 2.24) is 9.21 Å². The summed E-state index contributed by atoms with van der Waals surface area (Å²) in [5.74, 6) is 1.46. The largest absolute Gasteiger partial charge is 0.497 e. The van der Waals surface area contributed by atoms with E-state index in [9.17, 15) is 13.2 Å². The number of rotatable bonds is 9. The summed E-state index contributed by atoms with van der Waals surface area (Å²) in [4.78, 5) is 19.3. The standard InChI is InChI=1S/C23H29N3O5S2/c1-17-16-26(22(27)9-6-14-31-20-12-10-19(30-4)11-13-20)23(32-17)24-18-7-5-8-21(15-18)33(28,29)25(2)3/h5,7-8,10-13,15,17H,6,9,14,16H2,1-4H3. The lowest BCUT2D eigenvalue weighted by atomic mass is 10.2. The van der Waals surface area contributed by atoms with Crippen LogP contribution < -0.4 is 9.47 Å². The molecule has 33 heavy (non-hydrogen) atoms. The van der Waals surface area contributed by atoms with Crippen LogP contribution in [0.15, 0.2) is 58.4 Å². The average Bonchev–Trinajstić information content (AvgIpc) is 3.17. The molecule has 1 atom stereocenters. The van der Waals surface area contributed by atoms with Gasteiger partial charge >= 0.3 is 0 Å². The zero-order chi connectivity index (χ0) is 24.0. The van der Waals surface area contributed by atoms with E-state index in [0.717, 1.165) is 15.8 Å². The average molecular weight is 492 g/mol. The molecule has 8 nitrogen and oxygen atoms in total. The van der Waals surface area contributed by atoms with E-state index in [1.165, 1.54) is 38.0 Å². The maximum absolute atomic E-state index is 12.9. The number of nitrogens with zero attached hydrogens (tertiary/aromatic N) is 3. The molecule has 0 saturated carbocycles. The molecule has 1 amide bonds. The number of ether oxygens (including phenoxy) is 2. The Bertz CT molecular complexity index is 1100. The predicted octanol–water partition coefficient (Wildman–Crippen LogP) is 3.76. The summed E-state index contributed by atoms with van der Waals surface area (Å²) >= 11 is 1.51. The quantitative estimate of drug-likeness (QED) is 0.497. The molecule has 0 radical (unpaired) electrons. The Morgan fingerprint density at radius 1 is 1.18 bits per heavy atom. The highest BCUT2D eigenvalue weighted by Gasteiger charge is 2.30. The van der Waals surface area contributed by atoms with Crippen molar-refractivity contribution in [2.24, 2.45) is 4.99 Å². The molecule has 0 aliphatic carbocycles. The van der Waals surface area contributed by atoms with Crippen molar-refractivity contribution in [2.45, 2.75) is 29.9 Å². The van der Waals surface area contributed by atoms with Gasteiger partial charge in [-0.2, -0.15) is 0 Å². The number of methoxy groups -OCH3 is 1. The van der Waals surface area contributed by atoms with Gasteiger partial charge in [0.25, 0.3) is 0 Å². The summed E-state index contributed by atoms with van der Waals surface area (Å²) < 4.78 is 36.8. The van der Waals surface area contributed by atoms with Gasteiger partial charge in [0.1, 0.15) is 11.5 Å². The number of hydrogen-bond donors (Lipinski definition) is 0. The fraction of sp³-hybridized carbons (Fsp3) is 0.391. The molecule has 0 N–H and O–H groups in total. The minimum atomic E-state index is -3.56. The molecule has 1 saturated heterocycles. The van der Waals surface area contributed by atoms with Crippen LogP contribution in [0.25, 0.3) is 0 Å². The van der Waals surface area contributed by atoms with Gasteiger partial charge in [-0.25, -0.2) is 17.7 Å². The summed E-state index contributed by atoms with van der Waals surface area (Å²) in [6, 6.07) is 13.8. The molecular formula is C23H29N3O5S2. The van der Waals surface area contributed by atoms with Gasteiger partial charge in [0.15, 0.2) is 5.17 Å². The Morgan fingerprint density at radius 2 is 1.88 bits per heavy atom. The molecule has 0 spiro atoms. The Kier molecular flexibility index (Phi) is 8.39. The lowest BCUT2D eigenvalue weighted by Crippen LogP contribution is -2.32. The minimum absolute atomic E-state index is 0.0269. The molecule has 178 valence electrons. The molecule has 1 heterocycles. The van der Waals surface area contributed by atoms with Crippen molar-refractivity contribution in [3.63, 3.8) is 0 Å². The van der Waals surface area contributed by atoms with Crippen LogP contribution in [0.4, 0.5) is 5.69 Å². The highest BCUT2D eigenvalue weighted by molar-refractivity contribution is 8.14. The zero-order valence-electron chi connectivity index (χ0n) is 19.2.